The second-order valence-electron chi connectivity index (χ2n) is 1.32. The highest BCUT2D eigenvalue weighted by atomic mass is 79.9. The average Bonchev–Trinajstić information content (AvgIpc) is 1.91. The Morgan fingerprint density at radius 2 is 1.90 bits per heavy atom. The number of nitrogens with zero attached hydrogens (tertiary/aromatic N) is 1. The number of hydrogen-bond donors (Lipinski definition) is 1. The van der Waals surface area contributed by atoms with Gasteiger partial charge in [0.1, 0.15) is 5.82 Å². The van der Waals surface area contributed by atoms with Gasteiger partial charge in [0.05, 0.1) is 4.62 Å². The summed E-state index contributed by atoms with van der Waals surface area (Å²) in [6, 6.07) is 0. The molecule has 0 aromatic rings. The molecule has 0 fully saturated rings. The van der Waals surface area contributed by atoms with E-state index in [1.165, 1.54) is 0 Å². The summed E-state index contributed by atoms with van der Waals surface area (Å²) in [5.41, 5.74) is 5.32. The van der Waals surface area contributed by atoms with Crippen molar-refractivity contribution in [3.8, 4) is 0 Å². The predicted molar refractivity (Wildman–Crippen MR) is 51.3 cm³/mol. The van der Waals surface area contributed by atoms with Crippen LogP contribution in [0.2, 0.25) is 0 Å². The summed E-state index contributed by atoms with van der Waals surface area (Å²) in [7, 11) is 0. The zero-order valence-electron chi connectivity index (χ0n) is 6.98. The van der Waals surface area contributed by atoms with Crippen LogP contribution in [0.1, 0.15) is 27.7 Å². The maximum atomic E-state index is 5.32. The van der Waals surface area contributed by atoms with Crippen LogP contribution in [0, 0.1) is 0 Å². The van der Waals surface area contributed by atoms with Crippen molar-refractivity contribution in [2.45, 2.75) is 27.7 Å². The van der Waals surface area contributed by atoms with Crippen LogP contribution in [-0.2, 0) is 0 Å². The van der Waals surface area contributed by atoms with Crippen molar-refractivity contribution in [3.63, 3.8) is 0 Å². The van der Waals surface area contributed by atoms with Crippen molar-refractivity contribution < 1.29 is 0 Å². The van der Waals surface area contributed by atoms with E-state index >= 15 is 0 Å². The second kappa shape index (κ2) is 8.69. The average molecular weight is 207 g/mol. The standard InChI is InChI=1S/C5H9BrN2.C2H6/c1-3-5(7)8-4(2)6;1-2/h3H,7H2,1-2H3;1-2H3/b5-3-,8-4+;. The van der Waals surface area contributed by atoms with Crippen molar-refractivity contribution in [2.24, 2.45) is 10.7 Å². The summed E-state index contributed by atoms with van der Waals surface area (Å²) in [6.45, 7) is 7.67. The summed E-state index contributed by atoms with van der Waals surface area (Å²) in [4.78, 5) is 3.87. The Labute approximate surface area is 71.3 Å². The molecular weight excluding hydrogens is 192 g/mol. The van der Waals surface area contributed by atoms with Crippen molar-refractivity contribution >= 4 is 20.6 Å². The van der Waals surface area contributed by atoms with E-state index in [0.29, 0.717) is 5.82 Å². The van der Waals surface area contributed by atoms with Gasteiger partial charge in [-0.15, -0.1) is 0 Å². The Hall–Kier alpha value is -0.310. The molecule has 10 heavy (non-hydrogen) atoms. The molecule has 0 heterocycles. The van der Waals surface area contributed by atoms with Gasteiger partial charge in [0.25, 0.3) is 0 Å². The third-order valence-electron chi connectivity index (χ3n) is 0.579. The summed E-state index contributed by atoms with van der Waals surface area (Å²) in [5, 5.41) is 0. The monoisotopic (exact) mass is 206 g/mol. The van der Waals surface area contributed by atoms with Crippen LogP contribution in [0.3, 0.4) is 0 Å². The van der Waals surface area contributed by atoms with Crippen LogP contribution in [0.5, 0.6) is 0 Å². The van der Waals surface area contributed by atoms with Crippen LogP contribution >= 0.6 is 15.9 Å². The summed E-state index contributed by atoms with van der Waals surface area (Å²) >= 11 is 3.14. The topological polar surface area (TPSA) is 38.4 Å². The Morgan fingerprint density at radius 3 is 2.00 bits per heavy atom. The first-order valence-corrected chi connectivity index (χ1v) is 4.08. The Kier molecular flexibility index (Phi) is 10.8. The fraction of sp³-hybridized carbons (Fsp3) is 0.571. The van der Waals surface area contributed by atoms with Gasteiger partial charge in [0.2, 0.25) is 0 Å². The van der Waals surface area contributed by atoms with Crippen molar-refractivity contribution in [1.29, 1.82) is 0 Å². The molecule has 0 aliphatic rings. The highest BCUT2D eigenvalue weighted by molar-refractivity contribution is 9.18. The number of allylic oxidation sites excluding steroid dienone is 1. The number of nitrogens with two attached hydrogens (primary N) is 1. The maximum Gasteiger partial charge on any atom is 0.119 e. The molecule has 0 amide bonds. The van der Waals surface area contributed by atoms with Crippen LogP contribution < -0.4 is 5.73 Å². The quantitative estimate of drug-likeness (QED) is 0.659. The minimum absolute atomic E-state index is 0.541. The summed E-state index contributed by atoms with van der Waals surface area (Å²) in [6.07, 6.45) is 1.74. The third kappa shape index (κ3) is 10.6. The van der Waals surface area contributed by atoms with Gasteiger partial charge in [0, 0.05) is 0 Å². The minimum Gasteiger partial charge on any atom is -0.384 e. The van der Waals surface area contributed by atoms with Crippen LogP contribution in [0.15, 0.2) is 16.9 Å². The van der Waals surface area contributed by atoms with Crippen LogP contribution in [0.4, 0.5) is 0 Å². The number of rotatable bonds is 1. The van der Waals surface area contributed by atoms with E-state index in [-0.39, 0.29) is 0 Å². The molecule has 0 spiro atoms. The molecule has 2 N–H and O–H groups in total. The van der Waals surface area contributed by atoms with E-state index < -0.39 is 0 Å². The maximum absolute atomic E-state index is 5.32. The van der Waals surface area contributed by atoms with Gasteiger partial charge in [-0.3, -0.25) is 0 Å². The van der Waals surface area contributed by atoms with Crippen LogP contribution in [0.25, 0.3) is 0 Å². The molecule has 0 aliphatic carbocycles. The Morgan fingerprint density at radius 1 is 1.50 bits per heavy atom. The third-order valence-corrected chi connectivity index (χ3v) is 0.756. The van der Waals surface area contributed by atoms with E-state index in [2.05, 4.69) is 20.9 Å². The SMILES string of the molecule is C/C=C(N)\N=C(/C)Br.CC. The minimum atomic E-state index is 0.541. The fourth-order valence-electron chi connectivity index (χ4n) is 0.242. The molecule has 0 aromatic heterocycles. The first-order valence-electron chi connectivity index (χ1n) is 3.29. The van der Waals surface area contributed by atoms with E-state index in [0.717, 1.165) is 4.62 Å². The molecule has 0 radical (unpaired) electrons. The molecule has 0 bridgehead atoms. The molecule has 3 heteroatoms. The lowest BCUT2D eigenvalue weighted by Crippen LogP contribution is -1.93. The molecule has 60 valence electrons. The zero-order chi connectivity index (χ0) is 8.57. The van der Waals surface area contributed by atoms with E-state index in [4.69, 9.17) is 5.73 Å². The van der Waals surface area contributed by atoms with E-state index in [9.17, 15) is 0 Å². The molecular formula is C7H15BrN2. The van der Waals surface area contributed by atoms with Crippen molar-refractivity contribution in [1.82, 2.24) is 0 Å². The molecule has 0 atom stereocenters. The molecule has 0 unspecified atom stereocenters. The first-order chi connectivity index (χ1) is 4.66. The van der Waals surface area contributed by atoms with E-state index in [1.54, 1.807) is 6.08 Å². The van der Waals surface area contributed by atoms with Crippen molar-refractivity contribution in [2.75, 3.05) is 0 Å². The lowest BCUT2D eigenvalue weighted by Gasteiger charge is -1.87. The predicted octanol–water partition coefficient (Wildman–Crippen LogP) is 2.65. The van der Waals surface area contributed by atoms with Gasteiger partial charge in [0.15, 0.2) is 0 Å². The van der Waals surface area contributed by atoms with Gasteiger partial charge in [-0.25, -0.2) is 4.99 Å². The van der Waals surface area contributed by atoms with E-state index in [1.807, 2.05) is 27.7 Å². The summed E-state index contributed by atoms with van der Waals surface area (Å²) < 4.78 is 0.799. The molecule has 0 saturated carbocycles. The zero-order valence-corrected chi connectivity index (χ0v) is 8.57. The number of hydrogen-bond acceptors (Lipinski definition) is 2. The number of aliphatic imine (C=N–C) groups is 1. The van der Waals surface area contributed by atoms with Gasteiger partial charge >= 0.3 is 0 Å². The van der Waals surface area contributed by atoms with Gasteiger partial charge in [-0.2, -0.15) is 0 Å². The fourth-order valence-corrected chi connectivity index (χ4v) is 0.447. The lowest BCUT2D eigenvalue weighted by atomic mass is 10.6. The Balaban J connectivity index is 0. The second-order valence-corrected chi connectivity index (χ2v) is 2.47. The van der Waals surface area contributed by atoms with Crippen molar-refractivity contribution in [3.05, 3.63) is 11.9 Å². The Bertz CT molecular complexity index is 124. The highest BCUT2D eigenvalue weighted by Gasteiger charge is 1.80. The summed E-state index contributed by atoms with van der Waals surface area (Å²) in [5.74, 6) is 0.541. The normalized spacial score (nSPS) is 12.1. The molecule has 2 nitrogen and oxygen atoms in total. The van der Waals surface area contributed by atoms with Gasteiger partial charge in [-0.1, -0.05) is 13.8 Å². The van der Waals surface area contributed by atoms with Gasteiger partial charge < -0.3 is 5.73 Å². The molecule has 0 saturated heterocycles. The lowest BCUT2D eigenvalue weighted by molar-refractivity contribution is 1.23. The molecule has 0 aliphatic heterocycles. The van der Waals surface area contributed by atoms with Crippen LogP contribution in [-0.4, -0.2) is 4.62 Å². The smallest absolute Gasteiger partial charge is 0.119 e. The highest BCUT2D eigenvalue weighted by Crippen LogP contribution is 1.92. The first kappa shape index (κ1) is 12.4. The molecule has 0 aromatic carbocycles. The number of halogens is 1. The largest absolute Gasteiger partial charge is 0.384 e. The molecule has 0 rings (SSSR count). The van der Waals surface area contributed by atoms with Gasteiger partial charge in [-0.05, 0) is 35.9 Å².